The van der Waals surface area contributed by atoms with Gasteiger partial charge in [-0.15, -0.1) is 23.2 Å². The fourth-order valence-corrected chi connectivity index (χ4v) is 0.391. The van der Waals surface area contributed by atoms with Crippen LogP contribution < -0.4 is 0 Å². The number of halogens is 2. The third kappa shape index (κ3) is 23.6. The highest BCUT2D eigenvalue weighted by Gasteiger charge is 1.77. The van der Waals surface area contributed by atoms with E-state index in [1.807, 2.05) is 0 Å². The molecule has 10 heavy (non-hydrogen) atoms. The molecule has 0 amide bonds. The van der Waals surface area contributed by atoms with Crippen molar-refractivity contribution in [3.63, 3.8) is 0 Å². The molecule has 0 aromatic rings. The fourth-order valence-electron chi connectivity index (χ4n) is 0.391. The fraction of sp³-hybridized carbons (Fsp3) is 1.00. The van der Waals surface area contributed by atoms with Crippen molar-refractivity contribution < 1.29 is 4.74 Å². The van der Waals surface area contributed by atoms with Gasteiger partial charge in [0.05, 0.1) is 5.34 Å². The lowest BCUT2D eigenvalue weighted by molar-refractivity contribution is 0.135. The van der Waals surface area contributed by atoms with Crippen LogP contribution in [0.1, 0.15) is 26.7 Å². The second-order valence-electron chi connectivity index (χ2n) is 1.71. The molecule has 0 heterocycles. The van der Waals surface area contributed by atoms with Crippen molar-refractivity contribution in [2.24, 2.45) is 0 Å². The van der Waals surface area contributed by atoms with E-state index in [0.29, 0.717) is 0 Å². The van der Waals surface area contributed by atoms with Gasteiger partial charge in [0, 0.05) is 13.2 Å². The van der Waals surface area contributed by atoms with Crippen LogP contribution in [-0.4, -0.2) is 18.6 Å². The highest BCUT2D eigenvalue weighted by atomic mass is 35.5. The van der Waals surface area contributed by atoms with Gasteiger partial charge in [0.1, 0.15) is 0 Å². The standard InChI is InChI=1S/C6H14O.CH2Cl2/c1-3-5-7-6-4-2;2-1-3/h3-6H2,1-2H3;1H2. The van der Waals surface area contributed by atoms with Gasteiger partial charge < -0.3 is 4.74 Å². The van der Waals surface area contributed by atoms with Gasteiger partial charge in [-0.25, -0.2) is 0 Å². The van der Waals surface area contributed by atoms with E-state index in [0.717, 1.165) is 26.1 Å². The highest BCUT2D eigenvalue weighted by Crippen LogP contribution is 1.81. The van der Waals surface area contributed by atoms with Gasteiger partial charge in [0.2, 0.25) is 0 Å². The topological polar surface area (TPSA) is 9.23 Å². The summed E-state index contributed by atoms with van der Waals surface area (Å²) in [5, 5.41) is 0.194. The maximum absolute atomic E-state index is 5.13. The third-order valence-electron chi connectivity index (χ3n) is 0.697. The summed E-state index contributed by atoms with van der Waals surface area (Å²) in [5.74, 6) is 0. The Bertz CT molecular complexity index is 38.6. The molecule has 0 saturated carbocycles. The van der Waals surface area contributed by atoms with Crippen LogP contribution >= 0.6 is 23.2 Å². The second kappa shape index (κ2) is 16.3. The SMILES string of the molecule is CCCOCCC.ClCCl. The number of ether oxygens (including phenoxy) is 1. The first-order chi connectivity index (χ1) is 4.83. The lowest BCUT2D eigenvalue weighted by Gasteiger charge is -1.95. The molecule has 0 spiro atoms. The van der Waals surface area contributed by atoms with Crippen molar-refractivity contribution in [1.29, 1.82) is 0 Å². The van der Waals surface area contributed by atoms with Gasteiger partial charge in [-0.1, -0.05) is 13.8 Å². The summed E-state index contributed by atoms with van der Waals surface area (Å²) in [7, 11) is 0. The molecule has 0 atom stereocenters. The van der Waals surface area contributed by atoms with Crippen LogP contribution in [-0.2, 0) is 4.74 Å². The van der Waals surface area contributed by atoms with E-state index >= 15 is 0 Å². The maximum Gasteiger partial charge on any atom is 0.0967 e. The van der Waals surface area contributed by atoms with Gasteiger partial charge in [-0.2, -0.15) is 0 Å². The molecule has 0 aliphatic rings. The van der Waals surface area contributed by atoms with Crippen LogP contribution in [0.2, 0.25) is 0 Å². The number of hydrogen-bond acceptors (Lipinski definition) is 1. The van der Waals surface area contributed by atoms with Gasteiger partial charge in [-0.3, -0.25) is 0 Å². The van der Waals surface area contributed by atoms with Gasteiger partial charge in [-0.05, 0) is 12.8 Å². The van der Waals surface area contributed by atoms with Gasteiger partial charge in [0.15, 0.2) is 0 Å². The van der Waals surface area contributed by atoms with Crippen LogP contribution in [0.5, 0.6) is 0 Å². The van der Waals surface area contributed by atoms with E-state index in [1.165, 1.54) is 0 Å². The van der Waals surface area contributed by atoms with Crippen molar-refractivity contribution in [2.75, 3.05) is 18.6 Å². The van der Waals surface area contributed by atoms with Crippen LogP contribution in [0, 0.1) is 0 Å². The van der Waals surface area contributed by atoms with Gasteiger partial charge in [0.25, 0.3) is 0 Å². The lowest BCUT2D eigenvalue weighted by Crippen LogP contribution is -1.92. The molecule has 0 saturated heterocycles. The van der Waals surface area contributed by atoms with Crippen molar-refractivity contribution in [3.8, 4) is 0 Å². The molecule has 1 nitrogen and oxygen atoms in total. The second-order valence-corrected chi connectivity index (χ2v) is 2.52. The molecule has 0 aliphatic heterocycles. The van der Waals surface area contributed by atoms with Crippen LogP contribution in [0.25, 0.3) is 0 Å². The lowest BCUT2D eigenvalue weighted by atomic mass is 10.5. The largest absolute Gasteiger partial charge is 0.381 e. The van der Waals surface area contributed by atoms with Crippen LogP contribution in [0.3, 0.4) is 0 Å². The first-order valence-electron chi connectivity index (χ1n) is 3.53. The minimum Gasteiger partial charge on any atom is -0.381 e. The Balaban J connectivity index is 0. The van der Waals surface area contributed by atoms with E-state index in [-0.39, 0.29) is 5.34 Å². The first kappa shape index (κ1) is 13.2. The van der Waals surface area contributed by atoms with Crippen LogP contribution in [0.15, 0.2) is 0 Å². The minimum atomic E-state index is 0.194. The smallest absolute Gasteiger partial charge is 0.0967 e. The summed E-state index contributed by atoms with van der Waals surface area (Å²) < 4.78 is 5.13. The summed E-state index contributed by atoms with van der Waals surface area (Å²) in [6, 6.07) is 0. The van der Waals surface area contributed by atoms with Crippen molar-refractivity contribution in [2.45, 2.75) is 26.7 Å². The summed E-state index contributed by atoms with van der Waals surface area (Å²) in [4.78, 5) is 0. The van der Waals surface area contributed by atoms with Crippen molar-refractivity contribution in [3.05, 3.63) is 0 Å². The Morgan fingerprint density at radius 3 is 1.50 bits per heavy atom. The predicted octanol–water partition coefficient (Wildman–Crippen LogP) is 3.24. The Labute approximate surface area is 73.7 Å². The highest BCUT2D eigenvalue weighted by molar-refractivity contribution is 6.40. The Morgan fingerprint density at radius 1 is 1.00 bits per heavy atom. The molecule has 0 N–H and O–H groups in total. The van der Waals surface area contributed by atoms with E-state index in [9.17, 15) is 0 Å². The number of alkyl halides is 2. The first-order valence-corrected chi connectivity index (χ1v) is 4.60. The number of rotatable bonds is 4. The average molecular weight is 187 g/mol. The monoisotopic (exact) mass is 186 g/mol. The zero-order valence-electron chi connectivity index (χ0n) is 6.70. The van der Waals surface area contributed by atoms with E-state index in [1.54, 1.807) is 0 Å². The molecule has 64 valence electrons. The normalized spacial score (nSPS) is 8.40. The van der Waals surface area contributed by atoms with E-state index in [4.69, 9.17) is 27.9 Å². The molecule has 0 aromatic heterocycles. The maximum atomic E-state index is 5.13. The zero-order chi connectivity index (χ0) is 8.24. The molecular formula is C7H16Cl2O. The molecule has 0 radical (unpaired) electrons. The molecule has 3 heteroatoms. The molecule has 0 aromatic carbocycles. The van der Waals surface area contributed by atoms with E-state index < -0.39 is 0 Å². The van der Waals surface area contributed by atoms with Gasteiger partial charge >= 0.3 is 0 Å². The van der Waals surface area contributed by atoms with Crippen molar-refractivity contribution in [1.82, 2.24) is 0 Å². The number of hydrogen-bond donors (Lipinski definition) is 0. The molecule has 0 bridgehead atoms. The average Bonchev–Trinajstić information content (AvgIpc) is 1.91. The zero-order valence-corrected chi connectivity index (χ0v) is 8.21. The molecule has 0 aliphatic carbocycles. The predicted molar refractivity (Wildman–Crippen MR) is 48.0 cm³/mol. The van der Waals surface area contributed by atoms with Crippen molar-refractivity contribution >= 4 is 23.2 Å². The Kier molecular flexibility index (Phi) is 21.4. The quantitative estimate of drug-likeness (QED) is 0.484. The summed E-state index contributed by atoms with van der Waals surface area (Å²) in [6.07, 6.45) is 2.28. The Morgan fingerprint density at radius 2 is 1.30 bits per heavy atom. The minimum absolute atomic E-state index is 0.194. The molecule has 0 fully saturated rings. The van der Waals surface area contributed by atoms with E-state index in [2.05, 4.69) is 13.8 Å². The molecule has 0 unspecified atom stereocenters. The van der Waals surface area contributed by atoms with Crippen LogP contribution in [0.4, 0.5) is 0 Å². The Hall–Kier alpha value is 0.540. The summed E-state index contributed by atoms with van der Waals surface area (Å²) in [6.45, 7) is 6.09. The summed E-state index contributed by atoms with van der Waals surface area (Å²) >= 11 is 9.53. The molecule has 0 rings (SSSR count). The molecular weight excluding hydrogens is 171 g/mol. The summed E-state index contributed by atoms with van der Waals surface area (Å²) in [5.41, 5.74) is 0. The third-order valence-corrected chi connectivity index (χ3v) is 0.697.